The second-order valence-corrected chi connectivity index (χ2v) is 11.1. The Hall–Kier alpha value is -2.37. The van der Waals surface area contributed by atoms with E-state index in [1.807, 2.05) is 38.2 Å². The van der Waals surface area contributed by atoms with E-state index in [2.05, 4.69) is 18.2 Å². The quantitative estimate of drug-likeness (QED) is 0.331. The predicted molar refractivity (Wildman–Crippen MR) is 135 cm³/mol. The van der Waals surface area contributed by atoms with Gasteiger partial charge in [0.05, 0.1) is 0 Å². The largest absolute Gasteiger partial charge is 0.480 e. The van der Waals surface area contributed by atoms with Crippen molar-refractivity contribution in [2.75, 3.05) is 13.9 Å². The number of carbonyl (C=O) groups is 1. The number of benzene rings is 1. The molecule has 0 amide bonds. The summed E-state index contributed by atoms with van der Waals surface area (Å²) in [7, 11) is 1.61. The first-order valence-corrected chi connectivity index (χ1v) is 13.0. The molecule has 1 N–H and O–H groups in total. The molecule has 0 aromatic heterocycles. The zero-order chi connectivity index (χ0) is 24.6. The van der Waals surface area contributed by atoms with Gasteiger partial charge in [-0.25, -0.2) is 0 Å². The molecule has 0 saturated heterocycles. The van der Waals surface area contributed by atoms with E-state index in [1.54, 1.807) is 19.3 Å². The Kier molecular flexibility index (Phi) is 6.67. The molecule has 35 heavy (non-hydrogen) atoms. The van der Waals surface area contributed by atoms with Crippen LogP contribution in [0, 0.1) is 23.2 Å². The van der Waals surface area contributed by atoms with E-state index in [0.29, 0.717) is 0 Å². The molecule has 5 heteroatoms. The van der Waals surface area contributed by atoms with Crippen LogP contribution in [0.15, 0.2) is 54.7 Å². The number of methoxy groups -OCH3 is 1. The summed E-state index contributed by atoms with van der Waals surface area (Å²) in [5.74, 6) is 2.10. The molecule has 0 spiro atoms. The van der Waals surface area contributed by atoms with Crippen LogP contribution in [0.4, 0.5) is 0 Å². The maximum atomic E-state index is 12.5. The molecule has 0 radical (unpaired) electrons. The number of hydrogen-bond donors (Lipinski definition) is 1. The summed E-state index contributed by atoms with van der Waals surface area (Å²) in [6.45, 7) is 3.81. The van der Waals surface area contributed by atoms with Gasteiger partial charge in [0, 0.05) is 18.6 Å². The normalized spacial score (nSPS) is 36.1. The summed E-state index contributed by atoms with van der Waals surface area (Å²) in [5, 5.41) is 10.3. The second kappa shape index (κ2) is 9.59. The van der Waals surface area contributed by atoms with Crippen molar-refractivity contribution in [3.8, 4) is 5.75 Å². The van der Waals surface area contributed by atoms with Crippen LogP contribution in [0.2, 0.25) is 0 Å². The van der Waals surface area contributed by atoms with Crippen molar-refractivity contribution in [2.45, 2.75) is 70.0 Å². The third-order valence-corrected chi connectivity index (χ3v) is 8.94. The van der Waals surface area contributed by atoms with E-state index in [-0.39, 0.29) is 24.4 Å². The van der Waals surface area contributed by atoms with Gasteiger partial charge < -0.3 is 19.3 Å². The Morgan fingerprint density at radius 3 is 2.43 bits per heavy atom. The van der Waals surface area contributed by atoms with Crippen molar-refractivity contribution in [1.29, 1.82) is 0 Å². The molecule has 3 atom stereocenters. The lowest BCUT2D eigenvalue weighted by Crippen LogP contribution is -2.48. The second-order valence-electron chi connectivity index (χ2n) is 11.1. The molecule has 4 bridgehead atoms. The van der Waals surface area contributed by atoms with Crippen LogP contribution in [0.5, 0.6) is 5.75 Å². The van der Waals surface area contributed by atoms with E-state index < -0.39 is 11.4 Å². The molecule has 5 nitrogen and oxygen atoms in total. The predicted octanol–water partition coefficient (Wildman–Crippen LogP) is 6.36. The number of allylic oxidation sites excluding steroid dienone is 4. The van der Waals surface area contributed by atoms with Crippen molar-refractivity contribution >= 4 is 5.97 Å². The van der Waals surface area contributed by atoms with Crippen molar-refractivity contribution in [3.63, 3.8) is 0 Å². The Bertz CT molecular complexity index is 1000. The van der Waals surface area contributed by atoms with Gasteiger partial charge >= 0.3 is 5.97 Å². The Balaban J connectivity index is 1.53. The zero-order valence-electron chi connectivity index (χ0n) is 21.1. The molecule has 4 saturated carbocycles. The maximum absolute atomic E-state index is 12.5. The number of rotatable bonds is 9. The fraction of sp³-hybridized carbons (Fsp3) is 0.567. The smallest absolute Gasteiger partial charge is 0.318 e. The van der Waals surface area contributed by atoms with Gasteiger partial charge in [0.1, 0.15) is 11.2 Å². The minimum Gasteiger partial charge on any atom is -0.480 e. The van der Waals surface area contributed by atoms with Crippen LogP contribution >= 0.6 is 0 Å². The van der Waals surface area contributed by atoms with Crippen LogP contribution in [0.1, 0.15) is 69.4 Å². The van der Waals surface area contributed by atoms with Crippen molar-refractivity contribution in [3.05, 3.63) is 65.8 Å². The van der Waals surface area contributed by atoms with Gasteiger partial charge in [-0.3, -0.25) is 4.79 Å². The standard InChI is InChI=1S/C30H38O5/c1-4-10-30(28(31)32)11-6-5-7-25(30)24-8-9-26(27(15-24)35-19-34-20(2)33-3)29-16-21-12-22(17-29)14-23(13-21)18-29/h4-11,15,20-23,25H,12-14,16-19H2,1-3H3,(H,31,32). The molecule has 5 aliphatic rings. The van der Waals surface area contributed by atoms with Gasteiger partial charge in [0.15, 0.2) is 13.1 Å². The van der Waals surface area contributed by atoms with Gasteiger partial charge in [-0.1, -0.05) is 48.6 Å². The first kappa shape index (κ1) is 24.3. The third-order valence-electron chi connectivity index (χ3n) is 8.94. The molecular formula is C30H38O5. The molecule has 188 valence electrons. The Labute approximate surface area is 208 Å². The molecule has 0 aliphatic heterocycles. The molecular weight excluding hydrogens is 440 g/mol. The van der Waals surface area contributed by atoms with Gasteiger partial charge in [0.2, 0.25) is 0 Å². The molecule has 6 rings (SSSR count). The van der Waals surface area contributed by atoms with Crippen LogP contribution in [-0.2, 0) is 19.7 Å². The topological polar surface area (TPSA) is 65.0 Å². The first-order valence-electron chi connectivity index (χ1n) is 13.0. The summed E-state index contributed by atoms with van der Waals surface area (Å²) in [5.41, 5.74) is 1.25. The highest BCUT2D eigenvalue weighted by atomic mass is 16.7. The van der Waals surface area contributed by atoms with E-state index in [9.17, 15) is 9.90 Å². The molecule has 4 fully saturated rings. The number of hydrogen-bond acceptors (Lipinski definition) is 4. The van der Waals surface area contributed by atoms with Crippen LogP contribution in [0.25, 0.3) is 0 Å². The van der Waals surface area contributed by atoms with Crippen LogP contribution in [0.3, 0.4) is 0 Å². The number of aliphatic carboxylic acids is 1. The fourth-order valence-corrected chi connectivity index (χ4v) is 7.74. The third kappa shape index (κ3) is 4.38. The number of carboxylic acids is 1. The van der Waals surface area contributed by atoms with E-state index in [4.69, 9.17) is 14.2 Å². The van der Waals surface area contributed by atoms with E-state index >= 15 is 0 Å². The van der Waals surface area contributed by atoms with Crippen LogP contribution in [-0.4, -0.2) is 31.3 Å². The summed E-state index contributed by atoms with van der Waals surface area (Å²) < 4.78 is 17.2. The summed E-state index contributed by atoms with van der Waals surface area (Å²) >= 11 is 0. The van der Waals surface area contributed by atoms with E-state index in [0.717, 1.165) is 29.1 Å². The van der Waals surface area contributed by atoms with Crippen molar-refractivity contribution in [1.82, 2.24) is 0 Å². The Morgan fingerprint density at radius 1 is 1.14 bits per heavy atom. The molecule has 3 unspecified atom stereocenters. The number of carboxylic acid groups (broad SMARTS) is 1. The average Bonchev–Trinajstić information content (AvgIpc) is 2.83. The van der Waals surface area contributed by atoms with Gasteiger partial charge in [0.25, 0.3) is 0 Å². The summed E-state index contributed by atoms with van der Waals surface area (Å²) in [6, 6.07) is 6.44. The zero-order valence-corrected chi connectivity index (χ0v) is 21.1. The molecule has 1 aromatic rings. The van der Waals surface area contributed by atoms with Crippen molar-refractivity contribution < 1.29 is 24.1 Å². The van der Waals surface area contributed by atoms with Crippen LogP contribution < -0.4 is 4.74 Å². The monoisotopic (exact) mass is 478 g/mol. The molecule has 5 aliphatic carbocycles. The lowest BCUT2D eigenvalue weighted by Gasteiger charge is -2.57. The summed E-state index contributed by atoms with van der Waals surface area (Å²) in [6.07, 6.45) is 18.6. The molecule has 0 heterocycles. The van der Waals surface area contributed by atoms with Gasteiger partial charge in [-0.05, 0) is 87.2 Å². The highest BCUT2D eigenvalue weighted by Crippen LogP contribution is 2.62. The minimum absolute atomic E-state index is 0.0944. The highest BCUT2D eigenvalue weighted by molar-refractivity contribution is 5.82. The Morgan fingerprint density at radius 2 is 1.83 bits per heavy atom. The van der Waals surface area contributed by atoms with Crippen molar-refractivity contribution in [2.24, 2.45) is 23.2 Å². The average molecular weight is 479 g/mol. The van der Waals surface area contributed by atoms with Gasteiger partial charge in [-0.2, -0.15) is 0 Å². The molecule has 1 aromatic carbocycles. The minimum atomic E-state index is -1.12. The lowest BCUT2D eigenvalue weighted by molar-refractivity contribution is -0.150. The first-order chi connectivity index (χ1) is 16.9. The fourth-order valence-electron chi connectivity index (χ4n) is 7.74. The van der Waals surface area contributed by atoms with E-state index in [1.165, 1.54) is 44.1 Å². The highest BCUT2D eigenvalue weighted by Gasteiger charge is 2.52. The maximum Gasteiger partial charge on any atom is 0.318 e. The summed E-state index contributed by atoms with van der Waals surface area (Å²) in [4.78, 5) is 12.5. The lowest BCUT2D eigenvalue weighted by atomic mass is 9.48. The van der Waals surface area contributed by atoms with Gasteiger partial charge in [-0.15, -0.1) is 0 Å². The SMILES string of the molecule is CC=CC1(C(=O)O)C=CC=CC1c1ccc(C23CC4CC(CC(C4)C2)C3)c(OCOC(C)OC)c1. The number of ether oxygens (including phenoxy) is 3.